The molecule has 1 amide bonds. The normalized spacial score (nSPS) is 14.3. The Balaban J connectivity index is 1.49. The van der Waals surface area contributed by atoms with Gasteiger partial charge in [0.2, 0.25) is 5.91 Å². The van der Waals surface area contributed by atoms with Gasteiger partial charge < -0.3 is 5.32 Å². The Hall–Kier alpha value is -2.24. The van der Waals surface area contributed by atoms with Crippen molar-refractivity contribution in [1.82, 2.24) is 9.97 Å². The number of rotatable bonds is 6. The second-order valence-electron chi connectivity index (χ2n) is 7.17. The lowest BCUT2D eigenvalue weighted by Crippen LogP contribution is -2.12. The first-order chi connectivity index (χ1) is 13.7. The molecule has 1 aliphatic carbocycles. The van der Waals surface area contributed by atoms with Crippen LogP contribution in [-0.4, -0.2) is 15.9 Å². The van der Waals surface area contributed by atoms with E-state index in [1.807, 2.05) is 36.5 Å². The molecule has 2 aromatic heterocycles. The van der Waals surface area contributed by atoms with Gasteiger partial charge in [0, 0.05) is 46.7 Å². The maximum Gasteiger partial charge on any atom is 0.226 e. The van der Waals surface area contributed by atoms with E-state index in [1.165, 1.54) is 37.0 Å². The van der Waals surface area contributed by atoms with Crippen molar-refractivity contribution in [3.8, 4) is 21.6 Å². The molecule has 1 saturated carbocycles. The Morgan fingerprint density at radius 2 is 1.93 bits per heavy atom. The molecule has 0 atom stereocenters. The van der Waals surface area contributed by atoms with Gasteiger partial charge in [-0.1, -0.05) is 66.8 Å². The average molecular weight is 412 g/mol. The van der Waals surface area contributed by atoms with Gasteiger partial charge in [0.05, 0.1) is 4.88 Å². The second-order valence-corrected chi connectivity index (χ2v) is 8.61. The summed E-state index contributed by atoms with van der Waals surface area (Å²) in [4.78, 5) is 21.9. The van der Waals surface area contributed by atoms with Gasteiger partial charge >= 0.3 is 0 Å². The number of nitrogens with one attached hydrogen (secondary N) is 1. The molecule has 1 aliphatic rings. The van der Waals surface area contributed by atoms with Crippen molar-refractivity contribution in [1.29, 1.82) is 0 Å². The molecule has 4 rings (SSSR count). The molecule has 0 radical (unpaired) electrons. The Labute approximate surface area is 174 Å². The highest BCUT2D eigenvalue weighted by Crippen LogP contribution is 2.38. The minimum Gasteiger partial charge on any atom is -0.302 e. The summed E-state index contributed by atoms with van der Waals surface area (Å²) in [5.74, 6) is 0.765. The monoisotopic (exact) mass is 411 g/mol. The lowest BCUT2D eigenvalue weighted by Gasteiger charge is -2.09. The molecule has 0 bridgehead atoms. The minimum absolute atomic E-state index is 0.0499. The summed E-state index contributed by atoms with van der Waals surface area (Å²) >= 11 is 7.86. The fourth-order valence-corrected chi connectivity index (χ4v) is 4.89. The summed E-state index contributed by atoms with van der Waals surface area (Å²) in [5.41, 5.74) is 2.89. The van der Waals surface area contributed by atoms with E-state index in [1.54, 1.807) is 12.4 Å². The molecule has 1 aromatic carbocycles. The van der Waals surface area contributed by atoms with Gasteiger partial charge in [0.15, 0.2) is 5.13 Å². The van der Waals surface area contributed by atoms with E-state index in [-0.39, 0.29) is 5.91 Å². The standard InChI is InChI=1S/C22H22ClN3OS/c23-19-8-4-3-7-16(19)18-13-24-12-11-17(18)20-14-25-22(28-20)26-21(27)10-9-15-5-1-2-6-15/h3-4,7-8,11-15H,1-2,5-6,9-10H2,(H,25,26,27). The molecular weight excluding hydrogens is 390 g/mol. The molecule has 2 heterocycles. The van der Waals surface area contributed by atoms with E-state index in [2.05, 4.69) is 15.3 Å². The van der Waals surface area contributed by atoms with Crippen LogP contribution in [0.1, 0.15) is 38.5 Å². The summed E-state index contributed by atoms with van der Waals surface area (Å²) in [6.45, 7) is 0. The highest BCUT2D eigenvalue weighted by molar-refractivity contribution is 7.19. The van der Waals surface area contributed by atoms with E-state index < -0.39 is 0 Å². The predicted octanol–water partition coefficient (Wildman–Crippen LogP) is 6.43. The maximum atomic E-state index is 12.3. The summed E-state index contributed by atoms with van der Waals surface area (Å²) in [6.07, 6.45) is 12.1. The molecular formula is C22H22ClN3OS. The van der Waals surface area contributed by atoms with Crippen molar-refractivity contribution < 1.29 is 4.79 Å². The largest absolute Gasteiger partial charge is 0.302 e. The number of hydrogen-bond donors (Lipinski definition) is 1. The molecule has 0 spiro atoms. The number of carbonyl (C=O) groups excluding carboxylic acids is 1. The van der Waals surface area contributed by atoms with Crippen molar-refractivity contribution in [2.75, 3.05) is 5.32 Å². The first kappa shape index (κ1) is 19.1. The summed E-state index contributed by atoms with van der Waals surface area (Å²) in [7, 11) is 0. The van der Waals surface area contributed by atoms with Gasteiger partial charge in [0.1, 0.15) is 0 Å². The van der Waals surface area contributed by atoms with Crippen LogP contribution < -0.4 is 5.32 Å². The smallest absolute Gasteiger partial charge is 0.226 e. The molecule has 28 heavy (non-hydrogen) atoms. The van der Waals surface area contributed by atoms with Crippen LogP contribution in [0.25, 0.3) is 21.6 Å². The molecule has 0 unspecified atom stereocenters. The Morgan fingerprint density at radius 1 is 1.11 bits per heavy atom. The molecule has 6 heteroatoms. The summed E-state index contributed by atoms with van der Waals surface area (Å²) in [5, 5.41) is 4.27. The van der Waals surface area contributed by atoms with E-state index in [4.69, 9.17) is 11.6 Å². The topological polar surface area (TPSA) is 54.9 Å². The van der Waals surface area contributed by atoms with Crippen LogP contribution in [0, 0.1) is 5.92 Å². The van der Waals surface area contributed by atoms with E-state index in [0.29, 0.717) is 22.5 Å². The summed E-state index contributed by atoms with van der Waals surface area (Å²) in [6, 6.07) is 9.68. The van der Waals surface area contributed by atoms with E-state index in [0.717, 1.165) is 28.0 Å². The number of aromatic nitrogens is 2. The molecule has 1 N–H and O–H groups in total. The van der Waals surface area contributed by atoms with Crippen LogP contribution in [0.5, 0.6) is 0 Å². The van der Waals surface area contributed by atoms with E-state index in [9.17, 15) is 4.79 Å². The zero-order valence-electron chi connectivity index (χ0n) is 15.5. The highest BCUT2D eigenvalue weighted by atomic mass is 35.5. The minimum atomic E-state index is 0.0499. The number of thiazole rings is 1. The first-order valence-corrected chi connectivity index (χ1v) is 10.8. The number of amides is 1. The van der Waals surface area contributed by atoms with Crippen LogP contribution in [-0.2, 0) is 4.79 Å². The number of hydrogen-bond acceptors (Lipinski definition) is 4. The van der Waals surface area contributed by atoms with Gasteiger partial charge in [-0.2, -0.15) is 0 Å². The van der Waals surface area contributed by atoms with Gasteiger partial charge in [0.25, 0.3) is 0 Å². The number of anilines is 1. The SMILES string of the molecule is O=C(CCC1CCCC1)Nc1ncc(-c2ccncc2-c2ccccc2Cl)s1. The number of pyridine rings is 1. The van der Waals surface area contributed by atoms with Crippen LogP contribution in [0.3, 0.4) is 0 Å². The lowest BCUT2D eigenvalue weighted by molar-refractivity contribution is -0.116. The third-order valence-electron chi connectivity index (χ3n) is 5.26. The van der Waals surface area contributed by atoms with Gasteiger partial charge in [-0.05, 0) is 24.5 Å². The number of benzene rings is 1. The predicted molar refractivity (Wildman–Crippen MR) is 116 cm³/mol. The van der Waals surface area contributed by atoms with Crippen molar-refractivity contribution in [3.63, 3.8) is 0 Å². The van der Waals surface area contributed by atoms with E-state index >= 15 is 0 Å². The van der Waals surface area contributed by atoms with Crippen LogP contribution in [0.15, 0.2) is 48.9 Å². The molecule has 0 saturated heterocycles. The fraction of sp³-hybridized carbons (Fsp3) is 0.318. The second kappa shape index (κ2) is 8.84. The third-order valence-corrected chi connectivity index (χ3v) is 6.53. The maximum absolute atomic E-state index is 12.3. The zero-order chi connectivity index (χ0) is 19.3. The highest BCUT2D eigenvalue weighted by Gasteiger charge is 2.17. The van der Waals surface area contributed by atoms with Crippen LogP contribution in [0.4, 0.5) is 5.13 Å². The Morgan fingerprint density at radius 3 is 2.75 bits per heavy atom. The third kappa shape index (κ3) is 4.42. The van der Waals surface area contributed by atoms with Gasteiger partial charge in [-0.3, -0.25) is 9.78 Å². The van der Waals surface area contributed by atoms with Crippen molar-refractivity contribution in [3.05, 3.63) is 53.9 Å². The van der Waals surface area contributed by atoms with Crippen molar-refractivity contribution in [2.24, 2.45) is 5.92 Å². The van der Waals surface area contributed by atoms with Crippen molar-refractivity contribution >= 4 is 34.0 Å². The van der Waals surface area contributed by atoms with Crippen LogP contribution >= 0.6 is 22.9 Å². The first-order valence-electron chi connectivity index (χ1n) is 9.65. The van der Waals surface area contributed by atoms with Gasteiger partial charge in [-0.25, -0.2) is 4.98 Å². The molecule has 1 fully saturated rings. The quantitative estimate of drug-likeness (QED) is 0.508. The molecule has 0 aliphatic heterocycles. The fourth-order valence-electron chi connectivity index (χ4n) is 3.78. The number of nitrogens with zero attached hydrogens (tertiary/aromatic N) is 2. The molecule has 3 aromatic rings. The average Bonchev–Trinajstić information content (AvgIpc) is 3.39. The number of carbonyl (C=O) groups is 1. The Bertz CT molecular complexity index is 966. The summed E-state index contributed by atoms with van der Waals surface area (Å²) < 4.78 is 0. The van der Waals surface area contributed by atoms with Gasteiger partial charge in [-0.15, -0.1) is 0 Å². The molecule has 144 valence electrons. The van der Waals surface area contributed by atoms with Crippen LogP contribution in [0.2, 0.25) is 5.02 Å². The molecule has 4 nitrogen and oxygen atoms in total. The van der Waals surface area contributed by atoms with Crippen molar-refractivity contribution in [2.45, 2.75) is 38.5 Å². The Kier molecular flexibility index (Phi) is 6.03. The lowest BCUT2D eigenvalue weighted by atomic mass is 10.0. The zero-order valence-corrected chi connectivity index (χ0v) is 17.1. The number of halogens is 1.